The third-order valence-corrected chi connectivity index (χ3v) is 3.39. The Hall–Kier alpha value is -2.23. The average molecular weight is 240 g/mol. The van der Waals surface area contributed by atoms with Gasteiger partial charge in [0, 0.05) is 5.56 Å². The van der Waals surface area contributed by atoms with Gasteiger partial charge in [-0.1, -0.05) is 30.3 Å². The van der Waals surface area contributed by atoms with E-state index in [0.717, 1.165) is 11.3 Å². The normalized spacial score (nSPS) is 16.2. The summed E-state index contributed by atoms with van der Waals surface area (Å²) in [6, 6.07) is 11.5. The van der Waals surface area contributed by atoms with Crippen LogP contribution in [0.15, 0.2) is 42.7 Å². The predicted octanol–water partition coefficient (Wildman–Crippen LogP) is 2.26. The number of nitrogens with zero attached hydrogens (tertiary/aromatic N) is 2. The summed E-state index contributed by atoms with van der Waals surface area (Å²) in [5.41, 5.74) is 1.59. The second kappa shape index (κ2) is 3.91. The van der Waals surface area contributed by atoms with Crippen LogP contribution in [-0.4, -0.2) is 21.0 Å². The second-order valence-electron chi connectivity index (χ2n) is 4.54. The highest BCUT2D eigenvalue weighted by Crippen LogP contribution is 2.47. The van der Waals surface area contributed by atoms with E-state index in [1.165, 1.54) is 6.33 Å². The van der Waals surface area contributed by atoms with Gasteiger partial charge in [-0.2, -0.15) is 0 Å². The van der Waals surface area contributed by atoms with Gasteiger partial charge in [0.1, 0.15) is 11.7 Å². The first kappa shape index (κ1) is 10.9. The van der Waals surface area contributed by atoms with Crippen LogP contribution in [0.3, 0.4) is 0 Å². The Kier molecular flexibility index (Phi) is 2.37. The lowest BCUT2D eigenvalue weighted by Gasteiger charge is -2.09. The Morgan fingerprint density at radius 1 is 1.17 bits per heavy atom. The van der Waals surface area contributed by atoms with E-state index in [2.05, 4.69) is 9.97 Å². The van der Waals surface area contributed by atoms with Crippen LogP contribution in [0.25, 0.3) is 11.3 Å². The van der Waals surface area contributed by atoms with Gasteiger partial charge in [0.25, 0.3) is 0 Å². The van der Waals surface area contributed by atoms with Crippen molar-refractivity contribution >= 4 is 5.97 Å². The number of rotatable bonds is 3. The summed E-state index contributed by atoms with van der Waals surface area (Å²) in [4.78, 5) is 19.6. The second-order valence-corrected chi connectivity index (χ2v) is 4.54. The van der Waals surface area contributed by atoms with Crippen LogP contribution in [0, 0.1) is 0 Å². The molecule has 0 amide bonds. The number of hydrogen-bond donors (Lipinski definition) is 1. The average Bonchev–Trinajstić information content (AvgIpc) is 3.21. The Morgan fingerprint density at radius 3 is 2.50 bits per heavy atom. The SMILES string of the molecule is O=C(O)C1(c2cc(-c3ccccc3)ncn2)CC1. The van der Waals surface area contributed by atoms with Gasteiger partial charge < -0.3 is 5.11 Å². The zero-order valence-electron chi connectivity index (χ0n) is 9.71. The summed E-state index contributed by atoms with van der Waals surface area (Å²) in [5, 5.41) is 9.26. The Bertz CT molecular complexity index is 592. The molecular formula is C14H12N2O2. The van der Waals surface area contributed by atoms with Crippen LogP contribution in [0.4, 0.5) is 0 Å². The molecule has 1 aromatic carbocycles. The Balaban J connectivity index is 2.03. The van der Waals surface area contributed by atoms with E-state index in [4.69, 9.17) is 0 Å². The smallest absolute Gasteiger partial charge is 0.315 e. The fourth-order valence-corrected chi connectivity index (χ4v) is 2.09. The zero-order valence-corrected chi connectivity index (χ0v) is 9.71. The molecule has 0 unspecified atom stereocenters. The molecule has 3 rings (SSSR count). The van der Waals surface area contributed by atoms with Crippen LogP contribution in [0.1, 0.15) is 18.5 Å². The molecule has 4 nitrogen and oxygen atoms in total. The minimum Gasteiger partial charge on any atom is -0.481 e. The Morgan fingerprint density at radius 2 is 1.89 bits per heavy atom. The maximum Gasteiger partial charge on any atom is 0.315 e. The van der Waals surface area contributed by atoms with Gasteiger partial charge in [-0.25, -0.2) is 9.97 Å². The van der Waals surface area contributed by atoms with Crippen LogP contribution in [0.2, 0.25) is 0 Å². The van der Waals surface area contributed by atoms with Gasteiger partial charge >= 0.3 is 5.97 Å². The van der Waals surface area contributed by atoms with Crippen LogP contribution >= 0.6 is 0 Å². The number of carbonyl (C=O) groups is 1. The summed E-state index contributed by atoms with van der Waals surface area (Å²) in [5.74, 6) is -0.791. The third kappa shape index (κ3) is 1.66. The van der Waals surface area contributed by atoms with Crippen molar-refractivity contribution < 1.29 is 9.90 Å². The quantitative estimate of drug-likeness (QED) is 0.893. The summed E-state index contributed by atoms with van der Waals surface area (Å²) in [6.45, 7) is 0. The molecule has 18 heavy (non-hydrogen) atoms. The minimum atomic E-state index is -0.791. The van der Waals surface area contributed by atoms with Gasteiger partial charge in [0.2, 0.25) is 0 Å². The van der Waals surface area contributed by atoms with E-state index < -0.39 is 11.4 Å². The largest absolute Gasteiger partial charge is 0.481 e. The van der Waals surface area contributed by atoms with Crippen molar-refractivity contribution in [1.82, 2.24) is 9.97 Å². The molecule has 0 radical (unpaired) electrons. The summed E-state index contributed by atoms with van der Waals surface area (Å²) in [6.07, 6.45) is 2.77. The molecule has 2 aromatic rings. The maximum atomic E-state index is 11.3. The summed E-state index contributed by atoms with van der Waals surface area (Å²) in [7, 11) is 0. The molecular weight excluding hydrogens is 228 g/mol. The standard InChI is InChI=1S/C14H12N2O2/c17-13(18)14(6-7-14)12-8-11(15-9-16-12)10-4-2-1-3-5-10/h1-5,8-9H,6-7H2,(H,17,18). The van der Waals surface area contributed by atoms with Gasteiger partial charge in [0.15, 0.2) is 0 Å². The van der Waals surface area contributed by atoms with Gasteiger partial charge in [0.05, 0.1) is 11.4 Å². The molecule has 4 heteroatoms. The molecule has 1 heterocycles. The van der Waals surface area contributed by atoms with E-state index in [1.807, 2.05) is 30.3 Å². The molecule has 1 saturated carbocycles. The highest BCUT2D eigenvalue weighted by Gasteiger charge is 2.53. The number of carboxylic acid groups (broad SMARTS) is 1. The summed E-state index contributed by atoms with van der Waals surface area (Å²) < 4.78 is 0. The molecule has 0 atom stereocenters. The topological polar surface area (TPSA) is 63.1 Å². The molecule has 0 saturated heterocycles. The first-order valence-corrected chi connectivity index (χ1v) is 5.84. The van der Waals surface area contributed by atoms with E-state index in [1.54, 1.807) is 6.07 Å². The number of aromatic nitrogens is 2. The molecule has 1 N–H and O–H groups in total. The van der Waals surface area contributed by atoms with Crippen molar-refractivity contribution in [2.45, 2.75) is 18.3 Å². The highest BCUT2D eigenvalue weighted by atomic mass is 16.4. The van der Waals surface area contributed by atoms with Crippen molar-refractivity contribution in [3.05, 3.63) is 48.4 Å². The van der Waals surface area contributed by atoms with E-state index in [9.17, 15) is 9.90 Å². The lowest BCUT2D eigenvalue weighted by atomic mass is 10.0. The summed E-state index contributed by atoms with van der Waals surface area (Å²) >= 11 is 0. The maximum absolute atomic E-state index is 11.3. The first-order chi connectivity index (χ1) is 8.72. The molecule has 0 aliphatic heterocycles. The number of benzene rings is 1. The van der Waals surface area contributed by atoms with Gasteiger partial charge in [-0.05, 0) is 18.9 Å². The van der Waals surface area contributed by atoms with Crippen molar-refractivity contribution in [2.75, 3.05) is 0 Å². The lowest BCUT2D eigenvalue weighted by Crippen LogP contribution is -2.21. The number of aliphatic carboxylic acids is 1. The fraction of sp³-hybridized carbons (Fsp3) is 0.214. The lowest BCUT2D eigenvalue weighted by molar-refractivity contribution is -0.140. The fourth-order valence-electron chi connectivity index (χ4n) is 2.09. The van der Waals surface area contributed by atoms with E-state index >= 15 is 0 Å². The first-order valence-electron chi connectivity index (χ1n) is 5.84. The van der Waals surface area contributed by atoms with Crippen molar-refractivity contribution in [3.8, 4) is 11.3 Å². The van der Waals surface area contributed by atoms with Crippen molar-refractivity contribution in [1.29, 1.82) is 0 Å². The van der Waals surface area contributed by atoms with Gasteiger partial charge in [-0.3, -0.25) is 4.79 Å². The molecule has 1 fully saturated rings. The van der Waals surface area contributed by atoms with Gasteiger partial charge in [-0.15, -0.1) is 0 Å². The third-order valence-electron chi connectivity index (χ3n) is 3.39. The number of hydrogen-bond acceptors (Lipinski definition) is 3. The molecule has 0 spiro atoms. The molecule has 1 aliphatic rings. The highest BCUT2D eigenvalue weighted by molar-refractivity contribution is 5.84. The zero-order chi connectivity index (χ0) is 12.6. The van der Waals surface area contributed by atoms with Crippen molar-refractivity contribution in [3.63, 3.8) is 0 Å². The van der Waals surface area contributed by atoms with Crippen LogP contribution in [-0.2, 0) is 10.2 Å². The molecule has 0 bridgehead atoms. The number of carboxylic acids is 1. The van der Waals surface area contributed by atoms with E-state index in [0.29, 0.717) is 18.5 Å². The van der Waals surface area contributed by atoms with E-state index in [-0.39, 0.29) is 0 Å². The Labute approximate surface area is 104 Å². The van der Waals surface area contributed by atoms with Crippen molar-refractivity contribution in [2.24, 2.45) is 0 Å². The molecule has 90 valence electrons. The monoisotopic (exact) mass is 240 g/mol. The van der Waals surface area contributed by atoms with Crippen LogP contribution in [0.5, 0.6) is 0 Å². The minimum absolute atomic E-state index is 0.615. The van der Waals surface area contributed by atoms with Crippen LogP contribution < -0.4 is 0 Å². The molecule has 1 aromatic heterocycles. The molecule has 1 aliphatic carbocycles. The predicted molar refractivity (Wildman–Crippen MR) is 66.0 cm³/mol.